The van der Waals surface area contributed by atoms with E-state index >= 15 is 0 Å². The van der Waals surface area contributed by atoms with E-state index in [0.29, 0.717) is 19.4 Å². The fourth-order valence-corrected chi connectivity index (χ4v) is 3.63. The Labute approximate surface area is 159 Å². The average Bonchev–Trinajstić information content (AvgIpc) is 2.78. The highest BCUT2D eigenvalue weighted by Gasteiger charge is 2.31. The minimum absolute atomic E-state index is 0.126. The van der Waals surface area contributed by atoms with Crippen molar-refractivity contribution in [3.05, 3.63) is 59.7 Å². The summed E-state index contributed by atoms with van der Waals surface area (Å²) in [5.41, 5.74) is 2.89. The number of rotatable bonds is 6. The molecule has 2 aromatic rings. The summed E-state index contributed by atoms with van der Waals surface area (Å²) < 4.78 is 32.8. The van der Waals surface area contributed by atoms with Gasteiger partial charge in [-0.15, -0.1) is 0 Å². The molecule has 2 aromatic carbocycles. The van der Waals surface area contributed by atoms with E-state index in [2.05, 4.69) is 0 Å². The number of carbonyl (C=O) groups is 1. The van der Waals surface area contributed by atoms with Crippen LogP contribution in [0.2, 0.25) is 0 Å². The Kier molecular flexibility index (Phi) is 5.82. The maximum atomic E-state index is 13.2. The first kappa shape index (κ1) is 19.4. The van der Waals surface area contributed by atoms with E-state index < -0.39 is 16.0 Å². The van der Waals surface area contributed by atoms with Crippen molar-refractivity contribution in [3.63, 3.8) is 0 Å². The van der Waals surface area contributed by atoms with Crippen LogP contribution in [0.4, 0.5) is 5.69 Å². The van der Waals surface area contributed by atoms with Crippen LogP contribution in [0.1, 0.15) is 17.5 Å². The number of fused-ring (bicyclic) bond motifs is 1. The smallest absolute Gasteiger partial charge is 0.264 e. The highest BCUT2D eigenvalue weighted by Crippen LogP contribution is 2.31. The summed E-state index contributed by atoms with van der Waals surface area (Å²) in [6.45, 7) is 0.264. The minimum atomic E-state index is -3.59. The monoisotopic (exact) mass is 389 g/mol. The van der Waals surface area contributed by atoms with Crippen molar-refractivity contribution in [2.45, 2.75) is 19.4 Å². The van der Waals surface area contributed by atoms with Gasteiger partial charge in [0.1, 0.15) is 5.75 Å². The Bertz CT molecular complexity index is 908. The number of nitrogens with zero attached hydrogens (tertiary/aromatic N) is 1. The number of anilines is 1. The van der Waals surface area contributed by atoms with E-state index in [-0.39, 0.29) is 12.5 Å². The molecule has 0 bridgehead atoms. The maximum absolute atomic E-state index is 13.2. The summed E-state index contributed by atoms with van der Waals surface area (Å²) in [5.74, 6) is 0.116. The molecule has 0 saturated carbocycles. The first-order valence-electron chi connectivity index (χ1n) is 8.74. The normalized spacial score (nSPS) is 17.3. The van der Waals surface area contributed by atoms with Crippen LogP contribution in [0.3, 0.4) is 0 Å². The van der Waals surface area contributed by atoms with Crippen LogP contribution >= 0.6 is 0 Å². The molecule has 6 nitrogen and oxygen atoms in total. The van der Waals surface area contributed by atoms with Gasteiger partial charge in [-0.25, -0.2) is 0 Å². The van der Waals surface area contributed by atoms with Gasteiger partial charge in [0.15, 0.2) is 0 Å². The molecule has 1 atom stereocenters. The lowest BCUT2D eigenvalue weighted by Crippen LogP contribution is -2.37. The topological polar surface area (TPSA) is 72.9 Å². The molecule has 0 fully saturated rings. The summed E-state index contributed by atoms with van der Waals surface area (Å²) in [7, 11) is -1.99. The molecule has 1 amide bonds. The predicted octanol–water partition coefficient (Wildman–Crippen LogP) is 2.77. The fourth-order valence-electron chi connectivity index (χ4n) is 3.21. The van der Waals surface area contributed by atoms with Crippen LogP contribution in [0.5, 0.6) is 5.75 Å². The van der Waals surface area contributed by atoms with Crippen molar-refractivity contribution in [1.82, 2.24) is 0 Å². The fraction of sp³-hybridized carbons (Fsp3) is 0.350. The molecule has 7 heteroatoms. The average molecular weight is 389 g/mol. The molecule has 0 aromatic heterocycles. The highest BCUT2D eigenvalue weighted by molar-refractivity contribution is 7.85. The Balaban J connectivity index is 1.89. The van der Waals surface area contributed by atoms with Crippen LogP contribution in [-0.2, 0) is 32.1 Å². The molecule has 1 aliphatic heterocycles. The zero-order valence-electron chi connectivity index (χ0n) is 15.4. The van der Waals surface area contributed by atoms with Crippen LogP contribution in [0, 0.1) is 5.92 Å². The molecule has 0 saturated heterocycles. The van der Waals surface area contributed by atoms with Crippen LogP contribution in [0.25, 0.3) is 0 Å². The van der Waals surface area contributed by atoms with E-state index in [0.717, 1.165) is 28.8 Å². The van der Waals surface area contributed by atoms with Gasteiger partial charge in [-0.05, 0) is 42.2 Å². The first-order chi connectivity index (χ1) is 12.9. The summed E-state index contributed by atoms with van der Waals surface area (Å²) in [6.07, 6.45) is 2.24. The minimum Gasteiger partial charge on any atom is -0.497 e. The van der Waals surface area contributed by atoms with Gasteiger partial charge in [-0.2, -0.15) is 8.42 Å². The summed E-state index contributed by atoms with van der Waals surface area (Å²) in [4.78, 5) is 14.9. The molecule has 144 valence electrons. The van der Waals surface area contributed by atoms with Gasteiger partial charge in [0.25, 0.3) is 10.1 Å². The Hall–Kier alpha value is -2.38. The summed E-state index contributed by atoms with van der Waals surface area (Å²) >= 11 is 0. The van der Waals surface area contributed by atoms with Crippen molar-refractivity contribution in [1.29, 1.82) is 0 Å². The third kappa shape index (κ3) is 4.87. The molecular weight excluding hydrogens is 366 g/mol. The lowest BCUT2D eigenvalue weighted by Gasteiger charge is -2.26. The summed E-state index contributed by atoms with van der Waals surface area (Å²) in [6, 6.07) is 15.3. The third-order valence-corrected chi connectivity index (χ3v) is 5.21. The number of para-hydroxylation sites is 1. The summed E-state index contributed by atoms with van der Waals surface area (Å²) in [5, 5.41) is 0. The van der Waals surface area contributed by atoms with Gasteiger partial charge >= 0.3 is 0 Å². The molecule has 0 spiro atoms. The molecule has 0 N–H and O–H groups in total. The van der Waals surface area contributed by atoms with Gasteiger partial charge < -0.3 is 9.64 Å². The molecule has 0 radical (unpaired) electrons. The number of hydrogen-bond acceptors (Lipinski definition) is 5. The number of benzene rings is 2. The van der Waals surface area contributed by atoms with Gasteiger partial charge in [0, 0.05) is 5.69 Å². The number of aryl methyl sites for hydroxylation is 1. The van der Waals surface area contributed by atoms with Gasteiger partial charge in [-0.1, -0.05) is 30.3 Å². The number of hydrogen-bond donors (Lipinski definition) is 0. The predicted molar refractivity (Wildman–Crippen MR) is 103 cm³/mol. The Morgan fingerprint density at radius 3 is 2.48 bits per heavy atom. The van der Waals surface area contributed by atoms with E-state index in [1.165, 1.54) is 0 Å². The molecule has 1 aliphatic rings. The zero-order chi connectivity index (χ0) is 19.4. The van der Waals surface area contributed by atoms with Crippen molar-refractivity contribution in [2.75, 3.05) is 24.9 Å². The standard InChI is InChI=1S/C20H23NO5S/c1-25-18-11-7-15(8-12-18)13-21-19-6-4-3-5-16(19)9-10-17(20(21)22)14-26-27(2,23)24/h3-8,11-12,17H,9-10,13-14H2,1-2H3. The SMILES string of the molecule is COc1ccc(CN2C(=O)C(COS(C)(=O)=O)CCc3ccccc32)cc1. The number of ether oxygens (including phenoxy) is 1. The van der Waals surface area contributed by atoms with Crippen molar-refractivity contribution in [3.8, 4) is 5.75 Å². The molecule has 1 heterocycles. The molecular formula is C20H23NO5S. The van der Waals surface area contributed by atoms with Crippen LogP contribution < -0.4 is 9.64 Å². The van der Waals surface area contributed by atoms with Crippen LogP contribution in [-0.4, -0.2) is 34.3 Å². The second-order valence-electron chi connectivity index (χ2n) is 6.63. The van der Waals surface area contributed by atoms with E-state index in [1.54, 1.807) is 12.0 Å². The first-order valence-corrected chi connectivity index (χ1v) is 10.6. The third-order valence-electron chi connectivity index (χ3n) is 4.64. The highest BCUT2D eigenvalue weighted by atomic mass is 32.2. The largest absolute Gasteiger partial charge is 0.497 e. The van der Waals surface area contributed by atoms with E-state index in [1.807, 2.05) is 48.5 Å². The second kappa shape index (κ2) is 8.10. The molecule has 3 rings (SSSR count). The zero-order valence-corrected chi connectivity index (χ0v) is 16.2. The van der Waals surface area contributed by atoms with Crippen molar-refractivity contribution >= 4 is 21.7 Å². The molecule has 0 aliphatic carbocycles. The number of carbonyl (C=O) groups excluding carboxylic acids is 1. The van der Waals surface area contributed by atoms with Gasteiger partial charge in [0.05, 0.1) is 32.4 Å². The van der Waals surface area contributed by atoms with Crippen molar-refractivity contribution < 1.29 is 22.1 Å². The molecule has 1 unspecified atom stereocenters. The van der Waals surface area contributed by atoms with Gasteiger partial charge in [-0.3, -0.25) is 8.98 Å². The van der Waals surface area contributed by atoms with E-state index in [4.69, 9.17) is 8.92 Å². The number of methoxy groups -OCH3 is 1. The second-order valence-corrected chi connectivity index (χ2v) is 8.27. The van der Waals surface area contributed by atoms with Crippen molar-refractivity contribution in [2.24, 2.45) is 5.92 Å². The number of amides is 1. The van der Waals surface area contributed by atoms with E-state index in [9.17, 15) is 13.2 Å². The van der Waals surface area contributed by atoms with Gasteiger partial charge in [0.2, 0.25) is 5.91 Å². The lowest BCUT2D eigenvalue weighted by atomic mass is 10.0. The lowest BCUT2D eigenvalue weighted by molar-refractivity contribution is -0.123. The molecule has 27 heavy (non-hydrogen) atoms. The Morgan fingerprint density at radius 1 is 1.11 bits per heavy atom. The Morgan fingerprint density at radius 2 is 1.81 bits per heavy atom. The van der Waals surface area contributed by atoms with Crippen LogP contribution in [0.15, 0.2) is 48.5 Å². The maximum Gasteiger partial charge on any atom is 0.264 e. The quantitative estimate of drug-likeness (QED) is 0.711.